The summed E-state index contributed by atoms with van der Waals surface area (Å²) < 4.78 is 0. The highest BCUT2D eigenvalue weighted by atomic mass is 16.4. The van der Waals surface area contributed by atoms with Gasteiger partial charge in [-0.1, -0.05) is 0 Å². The van der Waals surface area contributed by atoms with Gasteiger partial charge in [-0.05, 0) is 6.42 Å². The predicted molar refractivity (Wildman–Crippen MR) is 36.6 cm³/mol. The number of aliphatic hydroxyl groups excluding tert-OH is 4. The number of nitrogens with two attached hydrogens (primary N) is 1. The lowest BCUT2D eigenvalue weighted by atomic mass is 9.98. The Kier molecular flexibility index (Phi) is 2.17. The molecular weight excluding hydrogens is 150 g/mol. The van der Waals surface area contributed by atoms with Crippen LogP contribution in [-0.2, 0) is 0 Å². The van der Waals surface area contributed by atoms with Gasteiger partial charge in [-0.15, -0.1) is 0 Å². The van der Waals surface area contributed by atoms with E-state index in [-0.39, 0.29) is 6.42 Å². The van der Waals surface area contributed by atoms with Crippen molar-refractivity contribution in [1.29, 1.82) is 0 Å². The first-order valence-corrected chi connectivity index (χ1v) is 3.45. The highest BCUT2D eigenvalue weighted by molar-refractivity contribution is 5.05. The Morgan fingerprint density at radius 2 is 1.91 bits per heavy atom. The second kappa shape index (κ2) is 2.69. The molecule has 11 heavy (non-hydrogen) atoms. The number of hydrogen-bond acceptors (Lipinski definition) is 5. The summed E-state index contributed by atoms with van der Waals surface area (Å²) in [6, 6.07) is 0. The molecule has 5 heteroatoms. The van der Waals surface area contributed by atoms with Gasteiger partial charge < -0.3 is 26.2 Å². The van der Waals surface area contributed by atoms with Crippen molar-refractivity contribution in [3.05, 3.63) is 0 Å². The molecule has 0 bridgehead atoms. The first-order chi connectivity index (χ1) is 5.01. The second-order valence-electron chi connectivity index (χ2n) is 3.10. The van der Waals surface area contributed by atoms with Gasteiger partial charge in [0, 0.05) is 0 Å². The molecule has 0 amide bonds. The quantitative estimate of drug-likeness (QED) is 0.286. The summed E-state index contributed by atoms with van der Waals surface area (Å²) >= 11 is 0. The lowest BCUT2D eigenvalue weighted by Gasteiger charge is -2.25. The van der Waals surface area contributed by atoms with Gasteiger partial charge in [-0.3, -0.25) is 0 Å². The minimum Gasteiger partial charge on any atom is -0.394 e. The molecule has 66 valence electrons. The van der Waals surface area contributed by atoms with Crippen LogP contribution in [0.2, 0.25) is 0 Å². The smallest absolute Gasteiger partial charge is 0.108 e. The zero-order chi connectivity index (χ0) is 8.65. The molecule has 0 aromatic carbocycles. The van der Waals surface area contributed by atoms with E-state index in [2.05, 4.69) is 0 Å². The standard InChI is InChI=1S/C6H13NO4/c7-6(2-8)1-3(9)4(10)5(6)11/h3-5,8-11H,1-2,7H2. The van der Waals surface area contributed by atoms with Gasteiger partial charge in [0.1, 0.15) is 12.2 Å². The summed E-state index contributed by atoms with van der Waals surface area (Å²) in [6.45, 7) is -0.442. The van der Waals surface area contributed by atoms with Gasteiger partial charge in [0.15, 0.2) is 0 Å². The fraction of sp³-hybridized carbons (Fsp3) is 1.00. The Morgan fingerprint density at radius 3 is 2.09 bits per heavy atom. The van der Waals surface area contributed by atoms with Gasteiger partial charge in [0.05, 0.1) is 18.2 Å². The minimum absolute atomic E-state index is 0.0197. The Labute approximate surface area is 64.1 Å². The third kappa shape index (κ3) is 1.25. The lowest BCUT2D eigenvalue weighted by Crippen LogP contribution is -2.52. The van der Waals surface area contributed by atoms with Crippen LogP contribution in [0.4, 0.5) is 0 Å². The molecule has 4 atom stereocenters. The predicted octanol–water partition coefficient (Wildman–Crippen LogP) is -2.84. The summed E-state index contributed by atoms with van der Waals surface area (Å²) in [6.07, 6.45) is -3.51. The van der Waals surface area contributed by atoms with Crippen LogP contribution in [0.25, 0.3) is 0 Å². The van der Waals surface area contributed by atoms with E-state index in [0.29, 0.717) is 0 Å². The maximum atomic E-state index is 9.19. The fourth-order valence-corrected chi connectivity index (χ4v) is 1.34. The molecule has 4 unspecified atom stereocenters. The largest absolute Gasteiger partial charge is 0.394 e. The van der Waals surface area contributed by atoms with E-state index in [0.717, 1.165) is 0 Å². The molecule has 0 saturated heterocycles. The maximum absolute atomic E-state index is 9.19. The highest BCUT2D eigenvalue weighted by Gasteiger charge is 2.49. The normalized spacial score (nSPS) is 51.5. The van der Waals surface area contributed by atoms with Crippen LogP contribution < -0.4 is 5.73 Å². The molecule has 1 rings (SSSR count). The molecule has 0 aromatic rings. The van der Waals surface area contributed by atoms with Gasteiger partial charge in [-0.25, -0.2) is 0 Å². The van der Waals surface area contributed by atoms with Crippen LogP contribution in [0.3, 0.4) is 0 Å². The van der Waals surface area contributed by atoms with Crippen LogP contribution in [0.1, 0.15) is 6.42 Å². The van der Waals surface area contributed by atoms with E-state index in [1.807, 2.05) is 0 Å². The Bertz CT molecular complexity index is 154. The van der Waals surface area contributed by atoms with Gasteiger partial charge in [0.2, 0.25) is 0 Å². The van der Waals surface area contributed by atoms with Crippen molar-refractivity contribution in [3.8, 4) is 0 Å². The van der Waals surface area contributed by atoms with E-state index in [1.54, 1.807) is 0 Å². The lowest BCUT2D eigenvalue weighted by molar-refractivity contribution is -0.0355. The van der Waals surface area contributed by atoms with E-state index in [9.17, 15) is 5.11 Å². The molecule has 6 N–H and O–H groups in total. The summed E-state index contributed by atoms with van der Waals surface area (Å²) in [4.78, 5) is 0. The minimum atomic E-state index is -1.25. The number of hydrogen-bond donors (Lipinski definition) is 5. The zero-order valence-corrected chi connectivity index (χ0v) is 6.01. The zero-order valence-electron chi connectivity index (χ0n) is 6.01. The molecule has 1 fully saturated rings. The van der Waals surface area contributed by atoms with E-state index < -0.39 is 30.5 Å². The van der Waals surface area contributed by atoms with Crippen LogP contribution in [-0.4, -0.2) is 50.9 Å². The first kappa shape index (κ1) is 8.89. The van der Waals surface area contributed by atoms with Crippen molar-refractivity contribution in [1.82, 2.24) is 0 Å². The van der Waals surface area contributed by atoms with Crippen molar-refractivity contribution in [3.63, 3.8) is 0 Å². The second-order valence-corrected chi connectivity index (χ2v) is 3.10. The molecule has 0 radical (unpaired) electrons. The third-order valence-corrected chi connectivity index (χ3v) is 2.19. The Hall–Kier alpha value is -0.200. The van der Waals surface area contributed by atoms with Crippen LogP contribution in [0, 0.1) is 0 Å². The SMILES string of the molecule is NC1(CO)CC(O)C(O)C1O. The van der Waals surface area contributed by atoms with E-state index in [1.165, 1.54) is 0 Å². The number of rotatable bonds is 1. The van der Waals surface area contributed by atoms with Crippen molar-refractivity contribution in [2.75, 3.05) is 6.61 Å². The molecular formula is C6H13NO4. The van der Waals surface area contributed by atoms with Crippen molar-refractivity contribution in [2.45, 2.75) is 30.3 Å². The van der Waals surface area contributed by atoms with E-state index >= 15 is 0 Å². The fourth-order valence-electron chi connectivity index (χ4n) is 1.34. The molecule has 1 aliphatic rings. The first-order valence-electron chi connectivity index (χ1n) is 3.45. The molecule has 0 aromatic heterocycles. The third-order valence-electron chi connectivity index (χ3n) is 2.19. The average molecular weight is 163 g/mol. The van der Waals surface area contributed by atoms with Crippen molar-refractivity contribution >= 4 is 0 Å². The van der Waals surface area contributed by atoms with Gasteiger partial charge >= 0.3 is 0 Å². The van der Waals surface area contributed by atoms with Gasteiger partial charge in [-0.2, -0.15) is 0 Å². The molecule has 1 aliphatic carbocycles. The topological polar surface area (TPSA) is 107 Å². The van der Waals surface area contributed by atoms with Gasteiger partial charge in [0.25, 0.3) is 0 Å². The number of aliphatic hydroxyl groups is 4. The Morgan fingerprint density at radius 1 is 1.36 bits per heavy atom. The Balaban J connectivity index is 2.73. The average Bonchev–Trinajstić information content (AvgIpc) is 2.17. The molecule has 0 heterocycles. The summed E-state index contributed by atoms with van der Waals surface area (Å²) in [5, 5.41) is 36.0. The van der Waals surface area contributed by atoms with E-state index in [4.69, 9.17) is 21.1 Å². The van der Waals surface area contributed by atoms with Crippen molar-refractivity contribution in [2.24, 2.45) is 5.73 Å². The van der Waals surface area contributed by atoms with Crippen LogP contribution in [0.5, 0.6) is 0 Å². The summed E-state index contributed by atoms with van der Waals surface area (Å²) in [7, 11) is 0. The van der Waals surface area contributed by atoms with Crippen LogP contribution >= 0.6 is 0 Å². The molecule has 5 nitrogen and oxygen atoms in total. The maximum Gasteiger partial charge on any atom is 0.108 e. The van der Waals surface area contributed by atoms with Crippen molar-refractivity contribution < 1.29 is 20.4 Å². The molecule has 0 aliphatic heterocycles. The van der Waals surface area contributed by atoms with Crippen LogP contribution in [0.15, 0.2) is 0 Å². The molecule has 1 saturated carbocycles. The summed E-state index contributed by atoms with van der Waals surface area (Å²) in [5.74, 6) is 0. The molecule has 0 spiro atoms. The summed E-state index contributed by atoms with van der Waals surface area (Å²) in [5.41, 5.74) is 4.21. The highest BCUT2D eigenvalue weighted by Crippen LogP contribution is 2.28. The monoisotopic (exact) mass is 163 g/mol.